The predicted molar refractivity (Wildman–Crippen MR) is 91.5 cm³/mol. The lowest BCUT2D eigenvalue weighted by Crippen LogP contribution is -2.47. The first-order valence-corrected chi connectivity index (χ1v) is 8.29. The molecule has 23 heavy (non-hydrogen) atoms. The molecule has 0 aliphatic carbocycles. The van der Waals surface area contributed by atoms with Gasteiger partial charge in [-0.05, 0) is 37.1 Å². The number of benzene rings is 1. The quantitative estimate of drug-likeness (QED) is 0.679. The van der Waals surface area contributed by atoms with Crippen LogP contribution in [0, 0.1) is 5.92 Å². The number of hydrogen-bond acceptors (Lipinski definition) is 3. The summed E-state index contributed by atoms with van der Waals surface area (Å²) in [5.74, 6) is -0.503. The summed E-state index contributed by atoms with van der Waals surface area (Å²) in [5, 5.41) is 15.8. The van der Waals surface area contributed by atoms with Crippen molar-refractivity contribution in [3.8, 4) is 0 Å². The fourth-order valence-corrected chi connectivity index (χ4v) is 2.43. The SMILES string of the molecule is CCC(CC)C(O)CNC(=O)C(C)NC(=O)c1ccc(Cl)cc1. The molecule has 0 saturated heterocycles. The van der Waals surface area contributed by atoms with Crippen molar-refractivity contribution in [1.29, 1.82) is 0 Å². The van der Waals surface area contributed by atoms with Crippen LogP contribution in [0.15, 0.2) is 24.3 Å². The van der Waals surface area contributed by atoms with E-state index in [1.807, 2.05) is 13.8 Å². The molecular weight excluding hydrogens is 316 g/mol. The summed E-state index contributed by atoms with van der Waals surface area (Å²) in [6, 6.07) is 5.74. The summed E-state index contributed by atoms with van der Waals surface area (Å²) in [5.41, 5.74) is 0.436. The highest BCUT2D eigenvalue weighted by Gasteiger charge is 2.20. The molecule has 0 aromatic heterocycles. The molecule has 0 aliphatic rings. The zero-order valence-electron chi connectivity index (χ0n) is 13.8. The second-order valence-electron chi connectivity index (χ2n) is 5.59. The van der Waals surface area contributed by atoms with E-state index in [1.165, 1.54) is 0 Å². The fraction of sp³-hybridized carbons (Fsp3) is 0.529. The Balaban J connectivity index is 2.47. The average Bonchev–Trinajstić information content (AvgIpc) is 2.54. The number of carbonyl (C=O) groups is 2. The standard InChI is InChI=1S/C17H25ClN2O3/c1-4-12(5-2)15(21)10-19-16(22)11(3)20-17(23)13-6-8-14(18)9-7-13/h6-9,11-12,15,21H,4-5,10H2,1-3H3,(H,19,22)(H,20,23). The minimum absolute atomic E-state index is 0.161. The van der Waals surface area contributed by atoms with Crippen molar-refractivity contribution >= 4 is 23.4 Å². The first-order valence-electron chi connectivity index (χ1n) is 7.91. The minimum Gasteiger partial charge on any atom is -0.391 e. The highest BCUT2D eigenvalue weighted by atomic mass is 35.5. The summed E-state index contributed by atoms with van der Waals surface area (Å²) in [6.07, 6.45) is 1.14. The number of aliphatic hydroxyl groups excluding tert-OH is 1. The molecule has 3 N–H and O–H groups in total. The van der Waals surface area contributed by atoms with Crippen LogP contribution in [-0.2, 0) is 4.79 Å². The van der Waals surface area contributed by atoms with E-state index in [0.29, 0.717) is 10.6 Å². The summed E-state index contributed by atoms with van der Waals surface area (Å²) >= 11 is 5.77. The van der Waals surface area contributed by atoms with E-state index in [0.717, 1.165) is 12.8 Å². The van der Waals surface area contributed by atoms with E-state index in [4.69, 9.17) is 11.6 Å². The maximum Gasteiger partial charge on any atom is 0.251 e. The molecule has 6 heteroatoms. The smallest absolute Gasteiger partial charge is 0.251 e. The maximum atomic E-state index is 12.0. The number of aliphatic hydroxyl groups is 1. The van der Waals surface area contributed by atoms with Gasteiger partial charge in [-0.2, -0.15) is 0 Å². The molecule has 0 spiro atoms. The molecule has 0 heterocycles. The summed E-state index contributed by atoms with van der Waals surface area (Å²) in [6.45, 7) is 5.81. The molecule has 0 aliphatic heterocycles. The lowest BCUT2D eigenvalue weighted by molar-refractivity contribution is -0.123. The Morgan fingerprint density at radius 2 is 1.74 bits per heavy atom. The number of amides is 2. The number of rotatable bonds is 8. The third-order valence-electron chi connectivity index (χ3n) is 3.93. The summed E-state index contributed by atoms with van der Waals surface area (Å²) in [4.78, 5) is 24.0. The van der Waals surface area contributed by atoms with E-state index >= 15 is 0 Å². The molecule has 1 rings (SSSR count). The summed E-state index contributed by atoms with van der Waals surface area (Å²) in [7, 11) is 0. The minimum atomic E-state index is -0.688. The van der Waals surface area contributed by atoms with Gasteiger partial charge in [-0.1, -0.05) is 38.3 Å². The van der Waals surface area contributed by atoms with Crippen LogP contribution in [0.25, 0.3) is 0 Å². The molecule has 0 bridgehead atoms. The molecule has 1 aromatic carbocycles. The van der Waals surface area contributed by atoms with Crippen molar-refractivity contribution in [2.75, 3.05) is 6.54 Å². The van der Waals surface area contributed by atoms with Gasteiger partial charge in [-0.3, -0.25) is 9.59 Å². The van der Waals surface area contributed by atoms with Crippen LogP contribution in [-0.4, -0.2) is 35.6 Å². The zero-order valence-corrected chi connectivity index (χ0v) is 14.6. The second-order valence-corrected chi connectivity index (χ2v) is 6.03. The average molecular weight is 341 g/mol. The van der Waals surface area contributed by atoms with Gasteiger partial charge in [-0.25, -0.2) is 0 Å². The van der Waals surface area contributed by atoms with Gasteiger partial charge < -0.3 is 15.7 Å². The normalized spacial score (nSPS) is 13.5. The van der Waals surface area contributed by atoms with Crippen molar-refractivity contribution in [2.24, 2.45) is 5.92 Å². The van der Waals surface area contributed by atoms with Crippen molar-refractivity contribution in [3.05, 3.63) is 34.9 Å². The van der Waals surface area contributed by atoms with Crippen LogP contribution < -0.4 is 10.6 Å². The Hall–Kier alpha value is -1.59. The third-order valence-corrected chi connectivity index (χ3v) is 4.18. The molecule has 5 nitrogen and oxygen atoms in total. The van der Waals surface area contributed by atoms with Crippen LogP contribution in [0.1, 0.15) is 44.0 Å². The van der Waals surface area contributed by atoms with Gasteiger partial charge in [0.2, 0.25) is 5.91 Å². The fourth-order valence-electron chi connectivity index (χ4n) is 2.30. The van der Waals surface area contributed by atoms with Crippen LogP contribution >= 0.6 is 11.6 Å². The molecular formula is C17H25ClN2O3. The lowest BCUT2D eigenvalue weighted by atomic mass is 9.96. The Kier molecular flexibility index (Phi) is 8.06. The van der Waals surface area contributed by atoms with E-state index in [1.54, 1.807) is 31.2 Å². The van der Waals surface area contributed by atoms with Gasteiger partial charge in [0.15, 0.2) is 0 Å². The van der Waals surface area contributed by atoms with Gasteiger partial charge in [-0.15, -0.1) is 0 Å². The predicted octanol–water partition coefficient (Wildman–Crippen LogP) is 2.37. The highest BCUT2D eigenvalue weighted by molar-refractivity contribution is 6.30. The van der Waals surface area contributed by atoms with Crippen LogP contribution in [0.4, 0.5) is 0 Å². The monoisotopic (exact) mass is 340 g/mol. The topological polar surface area (TPSA) is 78.4 Å². The van der Waals surface area contributed by atoms with Crippen LogP contribution in [0.2, 0.25) is 5.02 Å². The molecule has 2 unspecified atom stereocenters. The Bertz CT molecular complexity index is 515. The van der Waals surface area contributed by atoms with Gasteiger partial charge in [0.1, 0.15) is 6.04 Å². The van der Waals surface area contributed by atoms with Crippen molar-refractivity contribution in [3.63, 3.8) is 0 Å². The van der Waals surface area contributed by atoms with E-state index in [9.17, 15) is 14.7 Å². The van der Waals surface area contributed by atoms with Crippen LogP contribution in [0.3, 0.4) is 0 Å². The van der Waals surface area contributed by atoms with E-state index in [2.05, 4.69) is 10.6 Å². The first-order chi connectivity index (χ1) is 10.9. The molecule has 0 saturated carbocycles. The third kappa shape index (κ3) is 6.20. The number of halogens is 1. The van der Waals surface area contributed by atoms with Crippen molar-refractivity contribution in [1.82, 2.24) is 10.6 Å². The van der Waals surface area contributed by atoms with Crippen LogP contribution in [0.5, 0.6) is 0 Å². The largest absolute Gasteiger partial charge is 0.391 e. The zero-order chi connectivity index (χ0) is 17.4. The highest BCUT2D eigenvalue weighted by Crippen LogP contribution is 2.12. The van der Waals surface area contributed by atoms with Gasteiger partial charge in [0.25, 0.3) is 5.91 Å². The van der Waals surface area contributed by atoms with Crippen molar-refractivity contribution < 1.29 is 14.7 Å². The molecule has 0 fully saturated rings. The Morgan fingerprint density at radius 1 is 1.17 bits per heavy atom. The van der Waals surface area contributed by atoms with E-state index < -0.39 is 12.1 Å². The Labute approximate surface area is 142 Å². The Morgan fingerprint density at radius 3 is 2.26 bits per heavy atom. The van der Waals surface area contributed by atoms with E-state index in [-0.39, 0.29) is 24.3 Å². The molecule has 2 amide bonds. The first kappa shape index (κ1) is 19.5. The second kappa shape index (κ2) is 9.53. The molecule has 0 radical (unpaired) electrons. The number of nitrogens with one attached hydrogen (secondary N) is 2. The molecule has 1 aromatic rings. The maximum absolute atomic E-state index is 12.0. The summed E-state index contributed by atoms with van der Waals surface area (Å²) < 4.78 is 0. The number of carbonyl (C=O) groups excluding carboxylic acids is 2. The molecule has 128 valence electrons. The molecule has 2 atom stereocenters. The lowest BCUT2D eigenvalue weighted by Gasteiger charge is -2.21. The van der Waals surface area contributed by atoms with Gasteiger partial charge >= 0.3 is 0 Å². The van der Waals surface area contributed by atoms with Gasteiger partial charge in [0.05, 0.1) is 6.10 Å². The van der Waals surface area contributed by atoms with Gasteiger partial charge in [0, 0.05) is 17.1 Å². The van der Waals surface area contributed by atoms with Crippen molar-refractivity contribution in [2.45, 2.75) is 45.8 Å². The number of hydrogen-bond donors (Lipinski definition) is 3.